The SMILES string of the molecule is CC1(CN)COCOC1. The molecule has 0 spiro atoms. The van der Waals surface area contributed by atoms with Gasteiger partial charge in [-0.2, -0.15) is 0 Å². The fourth-order valence-corrected chi connectivity index (χ4v) is 0.795. The molecule has 1 heterocycles. The first-order valence-corrected chi connectivity index (χ1v) is 3.12. The van der Waals surface area contributed by atoms with Crippen molar-refractivity contribution in [3.05, 3.63) is 0 Å². The van der Waals surface area contributed by atoms with E-state index in [0.717, 1.165) is 13.2 Å². The third-order valence-corrected chi connectivity index (χ3v) is 1.56. The minimum atomic E-state index is 0.0538. The maximum Gasteiger partial charge on any atom is 0.146 e. The molecule has 9 heavy (non-hydrogen) atoms. The Labute approximate surface area is 55.1 Å². The van der Waals surface area contributed by atoms with Gasteiger partial charge in [-0.05, 0) is 0 Å². The van der Waals surface area contributed by atoms with Crippen LogP contribution >= 0.6 is 0 Å². The fraction of sp³-hybridized carbons (Fsp3) is 1.00. The normalized spacial score (nSPS) is 26.0. The molecule has 2 N–H and O–H groups in total. The van der Waals surface area contributed by atoms with E-state index in [1.807, 2.05) is 0 Å². The molecule has 0 bridgehead atoms. The maximum atomic E-state index is 5.48. The zero-order valence-electron chi connectivity index (χ0n) is 5.72. The van der Waals surface area contributed by atoms with Crippen LogP contribution in [0.4, 0.5) is 0 Å². The van der Waals surface area contributed by atoms with E-state index < -0.39 is 0 Å². The lowest BCUT2D eigenvalue weighted by molar-refractivity contribution is -0.155. The Bertz CT molecular complexity index is 89.1. The van der Waals surface area contributed by atoms with Crippen molar-refractivity contribution in [2.24, 2.45) is 11.1 Å². The second kappa shape index (κ2) is 2.64. The Morgan fingerprint density at radius 2 is 2.00 bits per heavy atom. The first kappa shape index (κ1) is 6.99. The van der Waals surface area contributed by atoms with Crippen molar-refractivity contribution in [3.63, 3.8) is 0 Å². The summed E-state index contributed by atoms with van der Waals surface area (Å²) in [5.41, 5.74) is 5.53. The van der Waals surface area contributed by atoms with Crippen LogP contribution in [0.5, 0.6) is 0 Å². The molecular formula is C6H13NO2. The largest absolute Gasteiger partial charge is 0.355 e. The smallest absolute Gasteiger partial charge is 0.146 e. The first-order valence-electron chi connectivity index (χ1n) is 3.12. The monoisotopic (exact) mass is 131 g/mol. The van der Waals surface area contributed by atoms with E-state index in [9.17, 15) is 0 Å². The lowest BCUT2D eigenvalue weighted by Gasteiger charge is -2.31. The Balaban J connectivity index is 2.37. The summed E-state index contributed by atoms with van der Waals surface area (Å²) in [4.78, 5) is 0. The van der Waals surface area contributed by atoms with E-state index in [1.54, 1.807) is 0 Å². The number of ether oxygens (including phenoxy) is 2. The predicted octanol–water partition coefficient (Wildman–Crippen LogP) is -0.0443. The van der Waals surface area contributed by atoms with Crippen LogP contribution in [0.25, 0.3) is 0 Å². The molecule has 1 rings (SSSR count). The van der Waals surface area contributed by atoms with Gasteiger partial charge in [0, 0.05) is 12.0 Å². The third kappa shape index (κ3) is 1.64. The zero-order valence-corrected chi connectivity index (χ0v) is 5.72. The highest BCUT2D eigenvalue weighted by Gasteiger charge is 2.26. The summed E-state index contributed by atoms with van der Waals surface area (Å²) in [5, 5.41) is 0. The summed E-state index contributed by atoms with van der Waals surface area (Å²) in [5.74, 6) is 0. The highest BCUT2D eigenvalue weighted by atomic mass is 16.7. The van der Waals surface area contributed by atoms with Crippen molar-refractivity contribution in [1.82, 2.24) is 0 Å². The Kier molecular flexibility index (Phi) is 2.05. The molecule has 0 unspecified atom stereocenters. The van der Waals surface area contributed by atoms with Crippen molar-refractivity contribution in [1.29, 1.82) is 0 Å². The van der Waals surface area contributed by atoms with Crippen LogP contribution in [0.3, 0.4) is 0 Å². The van der Waals surface area contributed by atoms with E-state index in [1.165, 1.54) is 0 Å². The highest BCUT2D eigenvalue weighted by Crippen LogP contribution is 2.18. The summed E-state index contributed by atoms with van der Waals surface area (Å²) in [6.45, 7) is 4.57. The summed E-state index contributed by atoms with van der Waals surface area (Å²) < 4.78 is 10.1. The Morgan fingerprint density at radius 1 is 1.44 bits per heavy atom. The van der Waals surface area contributed by atoms with Gasteiger partial charge in [0.15, 0.2) is 0 Å². The molecule has 54 valence electrons. The molecule has 0 aromatic carbocycles. The minimum absolute atomic E-state index is 0.0538. The molecular weight excluding hydrogens is 118 g/mol. The molecule has 1 fully saturated rings. The van der Waals surface area contributed by atoms with E-state index >= 15 is 0 Å². The third-order valence-electron chi connectivity index (χ3n) is 1.56. The molecule has 0 amide bonds. The van der Waals surface area contributed by atoms with Crippen LogP contribution in [0.2, 0.25) is 0 Å². The van der Waals surface area contributed by atoms with E-state index in [0.29, 0.717) is 13.3 Å². The van der Waals surface area contributed by atoms with Crippen molar-refractivity contribution < 1.29 is 9.47 Å². The number of hydrogen-bond donors (Lipinski definition) is 1. The molecule has 0 radical (unpaired) electrons. The molecule has 3 heteroatoms. The van der Waals surface area contributed by atoms with Gasteiger partial charge in [0.25, 0.3) is 0 Å². The van der Waals surface area contributed by atoms with E-state index in [2.05, 4.69) is 6.92 Å². The zero-order chi connectivity index (χ0) is 6.74. The standard InChI is InChI=1S/C6H13NO2/c1-6(2-7)3-8-5-9-4-6/h2-5,7H2,1H3. The Hall–Kier alpha value is -0.120. The average Bonchev–Trinajstić information content (AvgIpc) is 1.90. The topological polar surface area (TPSA) is 44.5 Å². The summed E-state index contributed by atoms with van der Waals surface area (Å²) >= 11 is 0. The molecule has 1 aliphatic rings. The van der Waals surface area contributed by atoms with Gasteiger partial charge in [0.05, 0.1) is 13.2 Å². The van der Waals surface area contributed by atoms with Crippen LogP contribution < -0.4 is 5.73 Å². The second-order valence-electron chi connectivity index (χ2n) is 2.83. The lowest BCUT2D eigenvalue weighted by Crippen LogP contribution is -2.40. The van der Waals surface area contributed by atoms with Gasteiger partial charge < -0.3 is 15.2 Å². The maximum absolute atomic E-state index is 5.48. The van der Waals surface area contributed by atoms with Gasteiger partial charge in [0.2, 0.25) is 0 Å². The molecule has 0 atom stereocenters. The van der Waals surface area contributed by atoms with Crippen LogP contribution in [0.15, 0.2) is 0 Å². The van der Waals surface area contributed by atoms with Crippen LogP contribution in [-0.2, 0) is 9.47 Å². The predicted molar refractivity (Wildman–Crippen MR) is 33.9 cm³/mol. The number of hydrogen-bond acceptors (Lipinski definition) is 3. The Morgan fingerprint density at radius 3 is 2.33 bits per heavy atom. The molecule has 0 aliphatic carbocycles. The molecule has 0 aromatic heterocycles. The van der Waals surface area contributed by atoms with Crippen molar-refractivity contribution in [3.8, 4) is 0 Å². The molecule has 3 nitrogen and oxygen atoms in total. The van der Waals surface area contributed by atoms with Gasteiger partial charge in [-0.3, -0.25) is 0 Å². The van der Waals surface area contributed by atoms with Crippen molar-refractivity contribution >= 4 is 0 Å². The average molecular weight is 131 g/mol. The lowest BCUT2D eigenvalue weighted by atomic mass is 9.93. The quantitative estimate of drug-likeness (QED) is 0.543. The summed E-state index contributed by atoms with van der Waals surface area (Å²) in [7, 11) is 0. The molecule has 1 aliphatic heterocycles. The first-order chi connectivity index (χ1) is 4.27. The van der Waals surface area contributed by atoms with E-state index in [-0.39, 0.29) is 5.41 Å². The number of nitrogens with two attached hydrogens (primary N) is 1. The molecule has 0 saturated carbocycles. The van der Waals surface area contributed by atoms with Gasteiger partial charge in [-0.25, -0.2) is 0 Å². The van der Waals surface area contributed by atoms with Crippen LogP contribution in [0.1, 0.15) is 6.92 Å². The van der Waals surface area contributed by atoms with Crippen LogP contribution in [-0.4, -0.2) is 26.6 Å². The van der Waals surface area contributed by atoms with Crippen LogP contribution in [0, 0.1) is 5.41 Å². The number of rotatable bonds is 1. The van der Waals surface area contributed by atoms with Gasteiger partial charge in [-0.15, -0.1) is 0 Å². The van der Waals surface area contributed by atoms with Crippen molar-refractivity contribution in [2.75, 3.05) is 26.6 Å². The molecule has 0 aromatic rings. The molecule has 1 saturated heterocycles. The summed E-state index contributed by atoms with van der Waals surface area (Å²) in [6, 6.07) is 0. The highest BCUT2D eigenvalue weighted by molar-refractivity contribution is 4.75. The second-order valence-corrected chi connectivity index (χ2v) is 2.83. The van der Waals surface area contributed by atoms with Gasteiger partial charge in [0.1, 0.15) is 6.79 Å². The fourth-order valence-electron chi connectivity index (χ4n) is 0.795. The van der Waals surface area contributed by atoms with Gasteiger partial charge >= 0.3 is 0 Å². The van der Waals surface area contributed by atoms with E-state index in [4.69, 9.17) is 15.2 Å². The van der Waals surface area contributed by atoms with Gasteiger partial charge in [-0.1, -0.05) is 6.92 Å². The van der Waals surface area contributed by atoms with Crippen molar-refractivity contribution in [2.45, 2.75) is 6.92 Å². The minimum Gasteiger partial charge on any atom is -0.355 e. The summed E-state index contributed by atoms with van der Waals surface area (Å²) in [6.07, 6.45) is 0.